The second-order valence-corrected chi connectivity index (χ2v) is 6.14. The van der Waals surface area contributed by atoms with E-state index in [1.165, 1.54) is 17.3 Å². The van der Waals surface area contributed by atoms with Crippen molar-refractivity contribution in [2.45, 2.75) is 24.0 Å². The molecule has 2 aromatic carbocycles. The van der Waals surface area contributed by atoms with Crippen molar-refractivity contribution < 1.29 is 4.79 Å². The number of thioether (sulfide) groups is 1. The van der Waals surface area contributed by atoms with Crippen molar-refractivity contribution in [1.29, 1.82) is 5.26 Å². The molecule has 3 nitrogen and oxygen atoms in total. The minimum Gasteiger partial charge on any atom is -0.324 e. The lowest BCUT2D eigenvalue weighted by Gasteiger charge is -2.13. The molecule has 4 heteroatoms. The molecular formula is C17H16N2OS. The van der Waals surface area contributed by atoms with Crippen LogP contribution >= 0.6 is 11.8 Å². The van der Waals surface area contributed by atoms with Crippen LogP contribution in [-0.4, -0.2) is 11.2 Å². The Morgan fingerprint density at radius 3 is 2.71 bits per heavy atom. The Hall–Kier alpha value is -2.25. The number of carbonyl (C=O) groups is 1. The third kappa shape index (κ3) is 4.11. The van der Waals surface area contributed by atoms with Crippen molar-refractivity contribution in [3.8, 4) is 6.07 Å². The van der Waals surface area contributed by atoms with Gasteiger partial charge in [-0.25, -0.2) is 0 Å². The van der Waals surface area contributed by atoms with Gasteiger partial charge in [-0.3, -0.25) is 4.79 Å². The number of hydrogen-bond acceptors (Lipinski definition) is 3. The molecule has 1 unspecified atom stereocenters. The first-order valence-corrected chi connectivity index (χ1v) is 7.51. The van der Waals surface area contributed by atoms with Gasteiger partial charge in [0.25, 0.3) is 0 Å². The molecule has 0 heterocycles. The largest absolute Gasteiger partial charge is 0.324 e. The highest BCUT2D eigenvalue weighted by Gasteiger charge is 2.15. The molecule has 2 rings (SSSR count). The van der Waals surface area contributed by atoms with Crippen LogP contribution in [0.3, 0.4) is 0 Å². The first-order chi connectivity index (χ1) is 10.1. The number of carbonyl (C=O) groups excluding carboxylic acids is 1. The number of nitrogens with one attached hydrogen (secondary N) is 1. The minimum absolute atomic E-state index is 0.107. The molecule has 21 heavy (non-hydrogen) atoms. The first-order valence-electron chi connectivity index (χ1n) is 6.63. The lowest BCUT2D eigenvalue weighted by molar-refractivity contribution is -0.115. The van der Waals surface area contributed by atoms with Gasteiger partial charge < -0.3 is 5.32 Å². The number of nitriles is 1. The van der Waals surface area contributed by atoms with Gasteiger partial charge in [-0.15, -0.1) is 11.8 Å². The SMILES string of the molecule is Cc1cccc(SC(C)C(=O)Nc2ccccc2C#N)c1. The fourth-order valence-electron chi connectivity index (χ4n) is 1.87. The number of rotatable bonds is 4. The molecule has 1 N–H and O–H groups in total. The maximum atomic E-state index is 12.2. The number of para-hydroxylation sites is 1. The van der Waals surface area contributed by atoms with Crippen molar-refractivity contribution in [3.05, 3.63) is 59.7 Å². The number of hydrogen-bond donors (Lipinski definition) is 1. The predicted octanol–water partition coefficient (Wildman–Crippen LogP) is 3.99. The van der Waals surface area contributed by atoms with Crippen molar-refractivity contribution in [2.24, 2.45) is 0 Å². The molecule has 0 fully saturated rings. The van der Waals surface area contributed by atoms with E-state index < -0.39 is 0 Å². The summed E-state index contributed by atoms with van der Waals surface area (Å²) in [5.41, 5.74) is 2.20. The number of amides is 1. The van der Waals surface area contributed by atoms with Crippen LogP contribution in [0.1, 0.15) is 18.1 Å². The Morgan fingerprint density at radius 1 is 1.24 bits per heavy atom. The summed E-state index contributed by atoms with van der Waals surface area (Å²) in [5.74, 6) is -0.107. The third-order valence-electron chi connectivity index (χ3n) is 2.98. The van der Waals surface area contributed by atoms with E-state index in [4.69, 9.17) is 5.26 Å². The molecule has 0 radical (unpaired) electrons. The third-order valence-corrected chi connectivity index (χ3v) is 4.07. The van der Waals surface area contributed by atoms with Crippen LogP contribution < -0.4 is 5.32 Å². The smallest absolute Gasteiger partial charge is 0.237 e. The summed E-state index contributed by atoms with van der Waals surface area (Å²) in [7, 11) is 0. The quantitative estimate of drug-likeness (QED) is 0.868. The molecule has 0 aliphatic heterocycles. The predicted molar refractivity (Wildman–Crippen MR) is 86.3 cm³/mol. The summed E-state index contributed by atoms with van der Waals surface area (Å²) in [6, 6.07) is 17.1. The van der Waals surface area contributed by atoms with E-state index in [-0.39, 0.29) is 11.2 Å². The van der Waals surface area contributed by atoms with Gasteiger partial charge in [0.2, 0.25) is 5.91 Å². The highest BCUT2D eigenvalue weighted by molar-refractivity contribution is 8.00. The Morgan fingerprint density at radius 2 is 2.00 bits per heavy atom. The maximum Gasteiger partial charge on any atom is 0.237 e. The molecule has 1 amide bonds. The van der Waals surface area contributed by atoms with Gasteiger partial charge in [-0.05, 0) is 38.1 Å². The number of nitrogens with zero attached hydrogens (tertiary/aromatic N) is 1. The lowest BCUT2D eigenvalue weighted by Crippen LogP contribution is -2.22. The van der Waals surface area contributed by atoms with Crippen molar-refractivity contribution in [2.75, 3.05) is 5.32 Å². The molecule has 0 aromatic heterocycles. The molecule has 0 spiro atoms. The Kier molecular flexibility index (Phi) is 5.02. The van der Waals surface area contributed by atoms with Crippen LogP contribution in [0.5, 0.6) is 0 Å². The van der Waals surface area contributed by atoms with Gasteiger partial charge in [-0.1, -0.05) is 29.8 Å². The zero-order chi connectivity index (χ0) is 15.2. The van der Waals surface area contributed by atoms with Gasteiger partial charge >= 0.3 is 0 Å². The van der Waals surface area contributed by atoms with E-state index in [9.17, 15) is 4.79 Å². The van der Waals surface area contributed by atoms with Crippen molar-refractivity contribution >= 4 is 23.4 Å². The number of aryl methyl sites for hydroxylation is 1. The average molecular weight is 296 g/mol. The molecule has 106 valence electrons. The van der Waals surface area contributed by atoms with E-state index in [1.54, 1.807) is 24.3 Å². The topological polar surface area (TPSA) is 52.9 Å². The highest BCUT2D eigenvalue weighted by Crippen LogP contribution is 2.25. The highest BCUT2D eigenvalue weighted by atomic mass is 32.2. The summed E-state index contributed by atoms with van der Waals surface area (Å²) < 4.78 is 0. The fraction of sp³-hybridized carbons (Fsp3) is 0.176. The normalized spacial score (nSPS) is 11.5. The average Bonchev–Trinajstić information content (AvgIpc) is 2.47. The number of anilines is 1. The molecule has 2 aromatic rings. The minimum atomic E-state index is -0.237. The van der Waals surface area contributed by atoms with Gasteiger partial charge in [0.15, 0.2) is 0 Å². The Bertz CT molecular complexity index is 691. The van der Waals surface area contributed by atoms with Gasteiger partial charge in [-0.2, -0.15) is 5.26 Å². The zero-order valence-electron chi connectivity index (χ0n) is 12.0. The van der Waals surface area contributed by atoms with E-state index >= 15 is 0 Å². The van der Waals surface area contributed by atoms with Gasteiger partial charge in [0.05, 0.1) is 16.5 Å². The van der Waals surface area contributed by atoms with Crippen LogP contribution in [0.2, 0.25) is 0 Å². The summed E-state index contributed by atoms with van der Waals surface area (Å²) in [6.07, 6.45) is 0. The second-order valence-electron chi connectivity index (χ2n) is 4.72. The van der Waals surface area contributed by atoms with Crippen LogP contribution in [0.4, 0.5) is 5.69 Å². The van der Waals surface area contributed by atoms with Crippen molar-refractivity contribution in [3.63, 3.8) is 0 Å². The lowest BCUT2D eigenvalue weighted by atomic mass is 10.2. The van der Waals surface area contributed by atoms with Crippen LogP contribution in [0.25, 0.3) is 0 Å². The molecular weight excluding hydrogens is 280 g/mol. The zero-order valence-corrected chi connectivity index (χ0v) is 12.8. The Labute approximate surface area is 129 Å². The second kappa shape index (κ2) is 6.96. The molecule has 1 atom stereocenters. The molecule has 0 aliphatic carbocycles. The summed E-state index contributed by atoms with van der Waals surface area (Å²) >= 11 is 1.50. The first kappa shape index (κ1) is 15.1. The summed E-state index contributed by atoms with van der Waals surface area (Å²) in [5, 5.41) is 11.6. The molecule has 0 aliphatic rings. The standard InChI is InChI=1S/C17H16N2OS/c1-12-6-5-8-15(10-12)21-13(2)17(20)19-16-9-4-3-7-14(16)11-18/h3-10,13H,1-2H3,(H,19,20). The van der Waals surface area contributed by atoms with E-state index in [0.717, 1.165) is 4.90 Å². The van der Waals surface area contributed by atoms with Crippen LogP contribution in [-0.2, 0) is 4.79 Å². The van der Waals surface area contributed by atoms with Crippen molar-refractivity contribution in [1.82, 2.24) is 0 Å². The Balaban J connectivity index is 2.05. The van der Waals surface area contributed by atoms with E-state index in [2.05, 4.69) is 17.5 Å². The maximum absolute atomic E-state index is 12.2. The molecule has 0 bridgehead atoms. The van der Waals surface area contributed by atoms with Gasteiger partial charge in [0.1, 0.15) is 6.07 Å². The monoisotopic (exact) mass is 296 g/mol. The summed E-state index contributed by atoms with van der Waals surface area (Å²) in [6.45, 7) is 3.88. The fourth-order valence-corrected chi connectivity index (χ4v) is 2.86. The number of benzene rings is 2. The molecule has 0 saturated heterocycles. The van der Waals surface area contributed by atoms with E-state index in [0.29, 0.717) is 11.3 Å². The van der Waals surface area contributed by atoms with Crippen LogP contribution in [0.15, 0.2) is 53.4 Å². The molecule has 0 saturated carbocycles. The van der Waals surface area contributed by atoms with Crippen LogP contribution in [0, 0.1) is 18.3 Å². The van der Waals surface area contributed by atoms with Gasteiger partial charge in [0, 0.05) is 4.90 Å². The summed E-state index contributed by atoms with van der Waals surface area (Å²) in [4.78, 5) is 13.3. The van der Waals surface area contributed by atoms with E-state index in [1.807, 2.05) is 32.0 Å².